The molecule has 0 aromatic heterocycles. The Kier molecular flexibility index (Phi) is 10.4. The first-order valence-corrected chi connectivity index (χ1v) is 14.8. The number of rotatable bonds is 13. The molecule has 4 rings (SSSR count). The van der Waals surface area contributed by atoms with E-state index in [9.17, 15) is 19.5 Å². The van der Waals surface area contributed by atoms with Gasteiger partial charge in [0.25, 0.3) is 0 Å². The quantitative estimate of drug-likeness (QED) is 0.382. The summed E-state index contributed by atoms with van der Waals surface area (Å²) in [7, 11) is 0. The molecule has 2 heterocycles. The van der Waals surface area contributed by atoms with Gasteiger partial charge in [0.05, 0.1) is 19.1 Å². The second-order valence-electron chi connectivity index (χ2n) is 11.1. The minimum atomic E-state index is -0.879. The summed E-state index contributed by atoms with van der Waals surface area (Å²) >= 11 is 0. The van der Waals surface area contributed by atoms with Gasteiger partial charge in [-0.05, 0) is 54.7 Å². The zero-order valence-corrected chi connectivity index (χ0v) is 24.6. The van der Waals surface area contributed by atoms with Gasteiger partial charge in [0.1, 0.15) is 5.75 Å². The topological polar surface area (TPSA) is 116 Å². The molecule has 41 heavy (non-hydrogen) atoms. The predicted octanol–water partition coefficient (Wildman–Crippen LogP) is 3.64. The van der Waals surface area contributed by atoms with Gasteiger partial charge in [-0.25, -0.2) is 0 Å². The first kappa shape index (κ1) is 30.5. The van der Waals surface area contributed by atoms with Crippen LogP contribution in [0.3, 0.4) is 0 Å². The Morgan fingerprint density at radius 3 is 2.61 bits per heavy atom. The highest BCUT2D eigenvalue weighted by atomic mass is 16.5. The number of carbonyl (C=O) groups is 3. The van der Waals surface area contributed by atoms with Gasteiger partial charge < -0.3 is 25.4 Å². The molecule has 1 saturated heterocycles. The zero-order chi connectivity index (χ0) is 29.5. The number of aliphatic carboxylic acids is 1. The maximum Gasteiger partial charge on any atom is 0.308 e. The number of nitrogens with zero attached hydrogens (tertiary/aromatic N) is 3. The maximum absolute atomic E-state index is 14.0. The molecular formula is C32H44N4O5. The predicted molar refractivity (Wildman–Crippen MR) is 159 cm³/mol. The summed E-state index contributed by atoms with van der Waals surface area (Å²) in [6.07, 6.45) is 3.07. The standard InChI is InChI=1S/C32H44N4O5/c1-4-6-14-36(26-9-7-8-23(17-26)19-33)30(38)21-35-20-27(24-10-11-29-25(18-24)13-16-41-29)31(32(39)40)28(35)12-15-34(5-2)22(3)37/h7-11,17-18,27-28,31H,4-6,12-16,19-21,33H2,1-3H3,(H,39,40). The van der Waals surface area contributed by atoms with Crippen molar-refractivity contribution >= 4 is 23.5 Å². The molecule has 2 aliphatic heterocycles. The van der Waals surface area contributed by atoms with Crippen LogP contribution >= 0.6 is 0 Å². The number of unbranched alkanes of at least 4 members (excludes halogenated alkanes) is 1. The van der Waals surface area contributed by atoms with Crippen LogP contribution in [0.2, 0.25) is 0 Å². The van der Waals surface area contributed by atoms with E-state index in [4.69, 9.17) is 10.5 Å². The van der Waals surface area contributed by atoms with Crippen molar-refractivity contribution in [2.75, 3.05) is 44.2 Å². The van der Waals surface area contributed by atoms with Crippen molar-refractivity contribution in [3.8, 4) is 5.75 Å². The third-order valence-electron chi connectivity index (χ3n) is 8.53. The number of hydrogen-bond donors (Lipinski definition) is 2. The van der Waals surface area contributed by atoms with Crippen molar-refractivity contribution in [3.05, 3.63) is 59.2 Å². The Bertz CT molecular complexity index is 1230. The minimum absolute atomic E-state index is 0.0410. The number of ether oxygens (including phenoxy) is 1. The largest absolute Gasteiger partial charge is 0.493 e. The van der Waals surface area contributed by atoms with E-state index >= 15 is 0 Å². The number of hydrogen-bond acceptors (Lipinski definition) is 6. The zero-order valence-electron chi connectivity index (χ0n) is 24.6. The number of carbonyl (C=O) groups excluding carboxylic acids is 2. The number of nitrogens with two attached hydrogens (primary N) is 1. The van der Waals surface area contributed by atoms with Gasteiger partial charge >= 0.3 is 5.97 Å². The first-order chi connectivity index (χ1) is 19.8. The molecule has 0 bridgehead atoms. The molecule has 3 atom stereocenters. The van der Waals surface area contributed by atoms with Crippen LogP contribution in [0.4, 0.5) is 5.69 Å². The highest BCUT2D eigenvalue weighted by Gasteiger charge is 2.47. The van der Waals surface area contributed by atoms with E-state index in [2.05, 4.69) is 13.0 Å². The highest BCUT2D eigenvalue weighted by molar-refractivity contribution is 5.95. The third kappa shape index (κ3) is 7.08. The Labute approximate surface area is 243 Å². The monoisotopic (exact) mass is 564 g/mol. The van der Waals surface area contributed by atoms with E-state index in [1.807, 2.05) is 53.1 Å². The summed E-state index contributed by atoms with van der Waals surface area (Å²) < 4.78 is 5.68. The Morgan fingerprint density at radius 2 is 1.93 bits per heavy atom. The Morgan fingerprint density at radius 1 is 1.12 bits per heavy atom. The van der Waals surface area contributed by atoms with Gasteiger partial charge in [-0.3, -0.25) is 19.3 Å². The molecule has 222 valence electrons. The van der Waals surface area contributed by atoms with Crippen LogP contribution in [-0.4, -0.2) is 78.1 Å². The fraction of sp³-hybridized carbons (Fsp3) is 0.531. The summed E-state index contributed by atoms with van der Waals surface area (Å²) in [6, 6.07) is 13.3. The molecule has 2 aliphatic rings. The lowest BCUT2D eigenvalue weighted by atomic mass is 9.83. The number of benzene rings is 2. The third-order valence-corrected chi connectivity index (χ3v) is 8.53. The molecule has 0 radical (unpaired) electrons. The number of carboxylic acid groups (broad SMARTS) is 1. The molecule has 9 nitrogen and oxygen atoms in total. The van der Waals surface area contributed by atoms with E-state index in [-0.39, 0.29) is 24.3 Å². The normalized spacial score (nSPS) is 20.0. The van der Waals surface area contributed by atoms with E-state index in [1.54, 1.807) is 4.90 Å². The second-order valence-corrected chi connectivity index (χ2v) is 11.1. The SMILES string of the molecule is CCCCN(C(=O)CN1CC(c2ccc3c(c2)CCO3)C(C(=O)O)C1CCN(CC)C(C)=O)c1cccc(CN)c1. The van der Waals surface area contributed by atoms with E-state index in [0.717, 1.165) is 47.4 Å². The molecule has 1 fully saturated rings. The number of fused-ring (bicyclic) bond motifs is 1. The Balaban J connectivity index is 1.65. The van der Waals surface area contributed by atoms with Crippen LogP contribution < -0.4 is 15.4 Å². The lowest BCUT2D eigenvalue weighted by molar-refractivity contribution is -0.143. The number of anilines is 1. The molecule has 3 N–H and O–H groups in total. The van der Waals surface area contributed by atoms with E-state index in [0.29, 0.717) is 45.8 Å². The van der Waals surface area contributed by atoms with Crippen LogP contribution in [0.1, 0.15) is 62.6 Å². The molecule has 0 aliphatic carbocycles. The van der Waals surface area contributed by atoms with Crippen molar-refractivity contribution < 1.29 is 24.2 Å². The van der Waals surface area contributed by atoms with Crippen LogP contribution in [0, 0.1) is 5.92 Å². The average Bonchev–Trinajstić information content (AvgIpc) is 3.58. The van der Waals surface area contributed by atoms with E-state index in [1.165, 1.54) is 6.92 Å². The van der Waals surface area contributed by atoms with Gasteiger partial charge in [-0.1, -0.05) is 37.6 Å². The summed E-state index contributed by atoms with van der Waals surface area (Å²) in [5.41, 5.74) is 9.69. The van der Waals surface area contributed by atoms with Crippen molar-refractivity contribution in [2.45, 2.75) is 65.0 Å². The van der Waals surface area contributed by atoms with Crippen LogP contribution in [0.5, 0.6) is 5.75 Å². The lowest BCUT2D eigenvalue weighted by Gasteiger charge is -2.31. The number of carboxylic acids is 1. The molecule has 0 spiro atoms. The van der Waals surface area contributed by atoms with Gasteiger partial charge in [-0.2, -0.15) is 0 Å². The summed E-state index contributed by atoms with van der Waals surface area (Å²) in [4.78, 5) is 44.5. The van der Waals surface area contributed by atoms with Crippen LogP contribution in [-0.2, 0) is 27.3 Å². The maximum atomic E-state index is 14.0. The van der Waals surface area contributed by atoms with Gasteiger partial charge in [-0.15, -0.1) is 0 Å². The Hall–Kier alpha value is -3.43. The van der Waals surface area contributed by atoms with Crippen LogP contribution in [0.15, 0.2) is 42.5 Å². The summed E-state index contributed by atoms with van der Waals surface area (Å²) in [5, 5.41) is 10.5. The van der Waals surface area contributed by atoms with Crippen LogP contribution in [0.25, 0.3) is 0 Å². The first-order valence-electron chi connectivity index (χ1n) is 14.8. The van der Waals surface area contributed by atoms with Gasteiger partial charge in [0.15, 0.2) is 0 Å². The summed E-state index contributed by atoms with van der Waals surface area (Å²) in [5.74, 6) is -1.12. The van der Waals surface area contributed by atoms with E-state index < -0.39 is 17.9 Å². The molecule has 2 aromatic carbocycles. The molecular weight excluding hydrogens is 520 g/mol. The van der Waals surface area contributed by atoms with Crippen molar-refractivity contribution in [1.29, 1.82) is 0 Å². The lowest BCUT2D eigenvalue weighted by Crippen LogP contribution is -2.46. The van der Waals surface area contributed by atoms with Gasteiger partial charge in [0, 0.05) is 63.7 Å². The smallest absolute Gasteiger partial charge is 0.308 e. The fourth-order valence-electron chi connectivity index (χ4n) is 6.28. The minimum Gasteiger partial charge on any atom is -0.493 e. The molecule has 0 saturated carbocycles. The molecule has 2 aromatic rings. The number of likely N-dealkylation sites (tertiary alicyclic amines) is 1. The summed E-state index contributed by atoms with van der Waals surface area (Å²) in [6.45, 7) is 8.67. The molecule has 2 amide bonds. The number of amides is 2. The molecule has 9 heteroatoms. The van der Waals surface area contributed by atoms with Crippen molar-refractivity contribution in [3.63, 3.8) is 0 Å². The highest BCUT2D eigenvalue weighted by Crippen LogP contribution is 2.41. The van der Waals surface area contributed by atoms with Gasteiger partial charge in [0.2, 0.25) is 11.8 Å². The average molecular weight is 565 g/mol. The molecule has 3 unspecified atom stereocenters. The van der Waals surface area contributed by atoms with Crippen molar-refractivity contribution in [1.82, 2.24) is 9.80 Å². The fourth-order valence-corrected chi connectivity index (χ4v) is 6.28. The second kappa shape index (κ2) is 14.0. The van der Waals surface area contributed by atoms with Crippen molar-refractivity contribution in [2.24, 2.45) is 11.7 Å².